The van der Waals surface area contributed by atoms with Crippen molar-refractivity contribution in [1.82, 2.24) is 0 Å². The van der Waals surface area contributed by atoms with E-state index in [1.807, 2.05) is 72.8 Å². The van der Waals surface area contributed by atoms with Gasteiger partial charge in [-0.25, -0.2) is 0 Å². The van der Waals surface area contributed by atoms with Crippen molar-refractivity contribution in [1.29, 1.82) is 0 Å². The van der Waals surface area contributed by atoms with Crippen molar-refractivity contribution in [3.8, 4) is 11.5 Å². The molecule has 306 valence electrons. The number of benzene rings is 6. The van der Waals surface area contributed by atoms with E-state index in [-0.39, 0.29) is 49.6 Å². The van der Waals surface area contributed by atoms with Crippen LogP contribution in [0, 0.1) is 0 Å². The van der Waals surface area contributed by atoms with E-state index >= 15 is 0 Å². The summed E-state index contributed by atoms with van der Waals surface area (Å²) in [6.45, 7) is 10.1. The summed E-state index contributed by atoms with van der Waals surface area (Å²) in [6, 6.07) is 40.0. The number of ketones is 6. The van der Waals surface area contributed by atoms with Gasteiger partial charge in [0.25, 0.3) is 0 Å². The summed E-state index contributed by atoms with van der Waals surface area (Å²) in [5.41, 5.74) is 4.15. The van der Waals surface area contributed by atoms with Gasteiger partial charge in [-0.2, -0.15) is 0 Å². The Hall–Kier alpha value is -6.45. The van der Waals surface area contributed by atoms with Crippen LogP contribution in [0.4, 0.5) is 0 Å². The lowest BCUT2D eigenvalue weighted by atomic mass is 10.0. The molecule has 0 saturated heterocycles. The zero-order valence-electron chi connectivity index (χ0n) is 32.8. The van der Waals surface area contributed by atoms with Gasteiger partial charge >= 0.3 is 0 Å². The van der Waals surface area contributed by atoms with Crippen molar-refractivity contribution >= 4 is 57.2 Å². The summed E-state index contributed by atoms with van der Waals surface area (Å²) in [6.07, 6.45) is 0. The van der Waals surface area contributed by atoms with Crippen molar-refractivity contribution in [3.63, 3.8) is 0 Å². The Balaban J connectivity index is 0.000000303. The summed E-state index contributed by atoms with van der Waals surface area (Å²) >= 11 is 1.61. The minimum absolute atomic E-state index is 0. The Labute approximate surface area is 352 Å². The second-order valence-electron chi connectivity index (χ2n) is 13.0. The van der Waals surface area contributed by atoms with Crippen LogP contribution in [0.2, 0.25) is 0 Å². The fraction of sp³-hybridized carbons (Fsp3) is 0.200. The molecule has 0 fully saturated rings. The number of rotatable bonds is 13. The normalized spacial score (nSPS) is 9.86. The maximum Gasteiger partial charge on any atom is 0.159 e. The van der Waals surface area contributed by atoms with Crippen molar-refractivity contribution in [2.45, 2.75) is 66.2 Å². The van der Waals surface area contributed by atoms with Crippen molar-refractivity contribution in [3.05, 3.63) is 167 Å². The third kappa shape index (κ3) is 15.4. The molecule has 0 spiro atoms. The molecule has 6 aromatic rings. The first kappa shape index (κ1) is 48.7. The van der Waals surface area contributed by atoms with Crippen LogP contribution in [0.1, 0.15) is 119 Å². The number of carbonyl (C=O) groups is 6. The number of hydrogen-bond acceptors (Lipinski definition) is 9. The summed E-state index contributed by atoms with van der Waals surface area (Å²) < 4.78 is 11.1. The minimum Gasteiger partial charge on any atom is -0.490 e. The topological polar surface area (TPSA) is 121 Å². The fourth-order valence-corrected chi connectivity index (χ4v) is 6.04. The monoisotopic (exact) mass is 812 g/mol. The second kappa shape index (κ2) is 23.7. The predicted octanol–water partition coefficient (Wildman–Crippen LogP) is 12.3. The Morgan fingerprint density at radius 1 is 0.356 bits per heavy atom. The van der Waals surface area contributed by atoms with Gasteiger partial charge in [0, 0.05) is 43.2 Å². The van der Waals surface area contributed by atoms with E-state index in [1.165, 1.54) is 13.8 Å². The molecule has 59 heavy (non-hydrogen) atoms. The third-order valence-corrected chi connectivity index (χ3v) is 9.57. The zero-order valence-corrected chi connectivity index (χ0v) is 33.6. The highest BCUT2D eigenvalue weighted by atomic mass is 32.2. The van der Waals surface area contributed by atoms with Crippen LogP contribution < -0.4 is 9.47 Å². The van der Waals surface area contributed by atoms with E-state index in [9.17, 15) is 28.8 Å². The number of hydrogen-bond donors (Lipinski definition) is 0. The highest BCUT2D eigenvalue weighted by molar-refractivity contribution is 7.99. The number of fused-ring (bicyclic) bond motifs is 1. The smallest absolute Gasteiger partial charge is 0.159 e. The van der Waals surface area contributed by atoms with Crippen LogP contribution in [-0.2, 0) is 0 Å². The van der Waals surface area contributed by atoms with Gasteiger partial charge in [-0.15, -0.1) is 0 Å². The van der Waals surface area contributed by atoms with Gasteiger partial charge in [0.1, 0.15) is 24.7 Å². The zero-order chi connectivity index (χ0) is 41.5. The predicted molar refractivity (Wildman–Crippen MR) is 238 cm³/mol. The Morgan fingerprint density at radius 3 is 0.847 bits per heavy atom. The van der Waals surface area contributed by atoms with Crippen LogP contribution in [-0.4, -0.2) is 47.9 Å². The molecule has 0 unspecified atom stereocenters. The van der Waals surface area contributed by atoms with Gasteiger partial charge in [0.05, 0.1) is 0 Å². The molecule has 8 nitrogen and oxygen atoms in total. The molecule has 0 aliphatic rings. The van der Waals surface area contributed by atoms with Gasteiger partial charge in [0.15, 0.2) is 34.7 Å². The summed E-state index contributed by atoms with van der Waals surface area (Å²) in [7, 11) is 0. The average Bonchev–Trinajstić information content (AvgIpc) is 3.20. The minimum atomic E-state index is 0. The molecule has 9 heteroatoms. The molecule has 6 aromatic carbocycles. The van der Waals surface area contributed by atoms with Crippen LogP contribution in [0.5, 0.6) is 11.5 Å². The lowest BCUT2D eigenvalue weighted by molar-refractivity contribution is 0.100. The van der Waals surface area contributed by atoms with E-state index in [0.29, 0.717) is 47.0 Å². The maximum absolute atomic E-state index is 11.2. The lowest BCUT2D eigenvalue weighted by Gasteiger charge is -2.09. The second-order valence-corrected chi connectivity index (χ2v) is 14.2. The standard InChI is InChI=1S/C18H18O4.C16H14O2S.C14H12O2.2CH4/c1-13(19)15-3-7-17(8-4-15)21-11-12-22-18-9-5-16(6-10-18)14(2)20;1-11(17)13-3-7-15(8-4-13)19-16-9-5-14(6-10-16)12(2)18;1-9(15)11-3-5-14-8-12(10(2)16)4-6-13(14)7-11;;/h3-10H,11-12H2,1-2H3;3-10H,1-2H3;3-8H,1-2H3;2*1H4. The quantitative estimate of drug-likeness (QED) is 0.0828. The van der Waals surface area contributed by atoms with Crippen molar-refractivity contribution in [2.75, 3.05) is 13.2 Å². The third-order valence-electron chi connectivity index (χ3n) is 8.55. The Morgan fingerprint density at radius 2 is 0.593 bits per heavy atom. The van der Waals surface area contributed by atoms with E-state index in [4.69, 9.17) is 9.47 Å². The highest BCUT2D eigenvalue weighted by Crippen LogP contribution is 2.28. The molecule has 0 aliphatic carbocycles. The molecule has 0 aliphatic heterocycles. The number of ether oxygens (including phenoxy) is 2. The van der Waals surface area contributed by atoms with E-state index in [1.54, 1.807) is 100 Å². The molecular formula is C50H52O8S. The molecule has 0 atom stereocenters. The molecule has 0 N–H and O–H groups in total. The first-order chi connectivity index (χ1) is 27.2. The molecular weight excluding hydrogens is 761 g/mol. The van der Waals surface area contributed by atoms with Crippen LogP contribution >= 0.6 is 11.8 Å². The largest absolute Gasteiger partial charge is 0.490 e. The van der Waals surface area contributed by atoms with Crippen LogP contribution in [0.3, 0.4) is 0 Å². The van der Waals surface area contributed by atoms with Crippen LogP contribution in [0.15, 0.2) is 143 Å². The Bertz CT molecular complexity index is 2190. The summed E-state index contributed by atoms with van der Waals surface area (Å²) in [4.78, 5) is 69.2. The van der Waals surface area contributed by atoms with E-state index < -0.39 is 0 Å². The fourth-order valence-electron chi connectivity index (χ4n) is 5.23. The summed E-state index contributed by atoms with van der Waals surface area (Å²) in [5, 5.41) is 1.97. The molecule has 0 radical (unpaired) electrons. The molecule has 6 rings (SSSR count). The SMILES string of the molecule is C.C.CC(=O)c1ccc(OCCOc2ccc(C(C)=O)cc2)cc1.CC(=O)c1ccc(Sc2ccc(C(C)=O)cc2)cc1.CC(=O)c1ccc2cc(C(C)=O)ccc2c1. The molecule has 0 saturated carbocycles. The van der Waals surface area contributed by atoms with E-state index in [2.05, 4.69) is 0 Å². The van der Waals surface area contributed by atoms with Crippen molar-refractivity contribution in [2.24, 2.45) is 0 Å². The van der Waals surface area contributed by atoms with Gasteiger partial charge in [-0.05, 0) is 137 Å². The van der Waals surface area contributed by atoms with Gasteiger partial charge in [0.2, 0.25) is 0 Å². The summed E-state index contributed by atoms with van der Waals surface area (Å²) in [5.74, 6) is 1.70. The first-order valence-corrected chi connectivity index (χ1v) is 18.9. The average molecular weight is 813 g/mol. The lowest BCUT2D eigenvalue weighted by Crippen LogP contribution is -2.09. The molecule has 0 bridgehead atoms. The highest BCUT2D eigenvalue weighted by Gasteiger charge is 2.06. The van der Waals surface area contributed by atoms with E-state index in [0.717, 1.165) is 31.7 Å². The van der Waals surface area contributed by atoms with Crippen LogP contribution in [0.25, 0.3) is 10.8 Å². The Kier molecular flexibility index (Phi) is 19.6. The van der Waals surface area contributed by atoms with Gasteiger partial charge in [-0.3, -0.25) is 28.8 Å². The van der Waals surface area contributed by atoms with Gasteiger partial charge in [-0.1, -0.05) is 75.1 Å². The maximum atomic E-state index is 11.2. The molecule has 0 amide bonds. The molecule has 0 heterocycles. The number of Topliss-reactive ketones (excluding diaryl/α,β-unsaturated/α-hetero) is 6. The number of carbonyl (C=O) groups excluding carboxylic acids is 6. The van der Waals surface area contributed by atoms with Gasteiger partial charge < -0.3 is 9.47 Å². The molecule has 0 aromatic heterocycles. The first-order valence-electron chi connectivity index (χ1n) is 18.1. The van der Waals surface area contributed by atoms with Crippen molar-refractivity contribution < 1.29 is 38.2 Å².